The number of nitrogens with zero attached hydrogens (tertiary/aromatic N) is 1. The molecule has 1 N–H and O–H groups in total. The molecule has 1 heterocycles. The van der Waals surface area contributed by atoms with Crippen LogP contribution in [-0.2, 0) is 6.18 Å². The van der Waals surface area contributed by atoms with Gasteiger partial charge in [-0.15, -0.1) is 11.3 Å². The van der Waals surface area contributed by atoms with Gasteiger partial charge in [-0.05, 0) is 31.2 Å². The minimum atomic E-state index is -4.68. The lowest BCUT2D eigenvalue weighted by Gasteiger charge is -2.19. The SMILES string of the molecule is CCNC(c1ccc(C(F)(F)F)c(F)c1)c1scnc1C. The molecule has 2 nitrogen and oxygen atoms in total. The molecule has 0 aliphatic rings. The Labute approximate surface area is 123 Å². The lowest BCUT2D eigenvalue weighted by molar-refractivity contribution is -0.140. The van der Waals surface area contributed by atoms with Crippen LogP contribution in [0.5, 0.6) is 0 Å². The second-order valence-electron chi connectivity index (χ2n) is 4.53. The molecule has 0 saturated carbocycles. The summed E-state index contributed by atoms with van der Waals surface area (Å²) in [6.07, 6.45) is -4.68. The number of aromatic nitrogens is 1. The summed E-state index contributed by atoms with van der Waals surface area (Å²) in [5.74, 6) is -1.26. The van der Waals surface area contributed by atoms with Crippen LogP contribution in [0.3, 0.4) is 0 Å². The van der Waals surface area contributed by atoms with Crippen molar-refractivity contribution >= 4 is 11.3 Å². The first-order valence-corrected chi connectivity index (χ1v) is 7.22. The molecule has 7 heteroatoms. The highest BCUT2D eigenvalue weighted by Gasteiger charge is 2.34. The van der Waals surface area contributed by atoms with Crippen LogP contribution in [0.1, 0.15) is 34.7 Å². The number of hydrogen-bond donors (Lipinski definition) is 1. The van der Waals surface area contributed by atoms with Gasteiger partial charge in [0.2, 0.25) is 0 Å². The van der Waals surface area contributed by atoms with Crippen molar-refractivity contribution in [2.45, 2.75) is 26.1 Å². The van der Waals surface area contributed by atoms with Gasteiger partial charge in [-0.3, -0.25) is 0 Å². The molecular formula is C14H14F4N2S. The Kier molecular flexibility index (Phi) is 4.63. The van der Waals surface area contributed by atoms with E-state index in [1.165, 1.54) is 17.4 Å². The van der Waals surface area contributed by atoms with Crippen molar-refractivity contribution in [1.29, 1.82) is 0 Å². The Morgan fingerprint density at radius 3 is 2.52 bits per heavy atom. The van der Waals surface area contributed by atoms with Crippen molar-refractivity contribution in [2.75, 3.05) is 6.54 Å². The van der Waals surface area contributed by atoms with Crippen LogP contribution in [0.2, 0.25) is 0 Å². The first-order chi connectivity index (χ1) is 9.84. The summed E-state index contributed by atoms with van der Waals surface area (Å²) in [6.45, 7) is 4.30. The van der Waals surface area contributed by atoms with Crippen LogP contribution >= 0.6 is 11.3 Å². The summed E-state index contributed by atoms with van der Waals surface area (Å²) >= 11 is 1.39. The van der Waals surface area contributed by atoms with Crippen LogP contribution in [0.15, 0.2) is 23.7 Å². The Morgan fingerprint density at radius 2 is 2.05 bits per heavy atom. The molecule has 0 aliphatic carbocycles. The standard InChI is InChI=1S/C14H14F4N2S/c1-3-19-12(13-8(2)20-7-21-13)9-4-5-10(11(15)6-9)14(16,17)18/h4-7,12,19H,3H2,1-2H3. The number of alkyl halides is 3. The van der Waals surface area contributed by atoms with Crippen molar-refractivity contribution in [3.8, 4) is 0 Å². The van der Waals surface area contributed by atoms with E-state index >= 15 is 0 Å². The van der Waals surface area contributed by atoms with Crippen molar-refractivity contribution in [3.05, 3.63) is 51.2 Å². The molecule has 0 radical (unpaired) electrons. The first kappa shape index (κ1) is 15.9. The van der Waals surface area contributed by atoms with Crippen LogP contribution < -0.4 is 5.32 Å². The molecule has 1 aromatic carbocycles. The average molecular weight is 318 g/mol. The molecule has 0 spiro atoms. The van der Waals surface area contributed by atoms with Crippen LogP contribution in [0.25, 0.3) is 0 Å². The number of halogens is 4. The number of hydrogen-bond acceptors (Lipinski definition) is 3. The molecule has 114 valence electrons. The molecule has 1 aromatic heterocycles. The highest BCUT2D eigenvalue weighted by Crippen LogP contribution is 2.34. The number of thiazole rings is 1. The van der Waals surface area contributed by atoms with Crippen LogP contribution in [0.4, 0.5) is 17.6 Å². The predicted octanol–water partition coefficient (Wildman–Crippen LogP) is 4.31. The zero-order valence-corrected chi connectivity index (χ0v) is 12.3. The summed E-state index contributed by atoms with van der Waals surface area (Å²) in [4.78, 5) is 5.00. The Morgan fingerprint density at radius 1 is 1.33 bits per heavy atom. The maximum Gasteiger partial charge on any atom is 0.419 e. The van der Waals surface area contributed by atoms with E-state index in [1.54, 1.807) is 5.51 Å². The third-order valence-corrected chi connectivity index (χ3v) is 4.08. The molecule has 0 bridgehead atoms. The van der Waals surface area contributed by atoms with Gasteiger partial charge in [0.15, 0.2) is 0 Å². The van der Waals surface area contributed by atoms with Gasteiger partial charge in [0.05, 0.1) is 22.8 Å². The molecule has 0 saturated heterocycles. The number of rotatable bonds is 4. The molecular weight excluding hydrogens is 304 g/mol. The number of benzene rings is 1. The molecule has 0 amide bonds. The molecule has 21 heavy (non-hydrogen) atoms. The summed E-state index contributed by atoms with van der Waals surface area (Å²) in [5.41, 5.74) is 1.65. The Hall–Kier alpha value is -1.47. The maximum atomic E-state index is 13.7. The lowest BCUT2D eigenvalue weighted by atomic mass is 10.0. The normalized spacial score (nSPS) is 13.4. The summed E-state index contributed by atoms with van der Waals surface area (Å²) < 4.78 is 51.5. The van der Waals surface area contributed by atoms with Gasteiger partial charge in [0.1, 0.15) is 5.82 Å². The van der Waals surface area contributed by atoms with Crippen LogP contribution in [0, 0.1) is 12.7 Å². The second kappa shape index (κ2) is 6.11. The van der Waals surface area contributed by atoms with Gasteiger partial charge in [-0.2, -0.15) is 13.2 Å². The van der Waals surface area contributed by atoms with Crippen LogP contribution in [-0.4, -0.2) is 11.5 Å². The fourth-order valence-electron chi connectivity index (χ4n) is 2.09. The van der Waals surface area contributed by atoms with Gasteiger partial charge >= 0.3 is 6.18 Å². The first-order valence-electron chi connectivity index (χ1n) is 6.34. The summed E-state index contributed by atoms with van der Waals surface area (Å²) in [6, 6.07) is 2.67. The molecule has 0 aliphatic heterocycles. The van der Waals surface area contributed by atoms with E-state index < -0.39 is 17.6 Å². The molecule has 2 rings (SSSR count). The largest absolute Gasteiger partial charge is 0.419 e. The molecule has 1 unspecified atom stereocenters. The van der Waals surface area contributed by atoms with E-state index in [0.717, 1.165) is 22.7 Å². The Balaban J connectivity index is 2.43. The zero-order chi connectivity index (χ0) is 15.6. The average Bonchev–Trinajstić information content (AvgIpc) is 2.80. The zero-order valence-electron chi connectivity index (χ0n) is 11.5. The second-order valence-corrected chi connectivity index (χ2v) is 5.42. The maximum absolute atomic E-state index is 13.7. The fraction of sp³-hybridized carbons (Fsp3) is 0.357. The van der Waals surface area contributed by atoms with E-state index in [4.69, 9.17) is 0 Å². The highest BCUT2D eigenvalue weighted by molar-refractivity contribution is 7.09. The lowest BCUT2D eigenvalue weighted by Crippen LogP contribution is -2.22. The van der Waals surface area contributed by atoms with Crippen molar-refractivity contribution in [1.82, 2.24) is 10.3 Å². The van der Waals surface area contributed by atoms with E-state index in [2.05, 4.69) is 10.3 Å². The highest BCUT2D eigenvalue weighted by atomic mass is 32.1. The Bertz CT molecular complexity index is 622. The number of aryl methyl sites for hydroxylation is 1. The quantitative estimate of drug-likeness (QED) is 0.850. The third-order valence-electron chi connectivity index (χ3n) is 3.08. The summed E-state index contributed by atoms with van der Waals surface area (Å²) in [5, 5.41) is 3.15. The van der Waals surface area contributed by atoms with Gasteiger partial charge in [0, 0.05) is 4.88 Å². The molecule has 1 atom stereocenters. The van der Waals surface area contributed by atoms with E-state index in [-0.39, 0.29) is 6.04 Å². The molecule has 0 fully saturated rings. The fourth-order valence-corrected chi connectivity index (χ4v) is 3.00. The third kappa shape index (κ3) is 3.41. The minimum absolute atomic E-state index is 0.362. The van der Waals surface area contributed by atoms with Crippen molar-refractivity contribution in [3.63, 3.8) is 0 Å². The smallest absolute Gasteiger partial charge is 0.306 e. The topological polar surface area (TPSA) is 24.9 Å². The van der Waals surface area contributed by atoms with Gasteiger partial charge in [-0.25, -0.2) is 9.37 Å². The van der Waals surface area contributed by atoms with E-state index in [1.807, 2.05) is 13.8 Å². The minimum Gasteiger partial charge on any atom is -0.306 e. The van der Waals surface area contributed by atoms with Crippen molar-refractivity contribution in [2.24, 2.45) is 0 Å². The number of nitrogens with one attached hydrogen (secondary N) is 1. The molecule has 2 aromatic rings. The predicted molar refractivity (Wildman–Crippen MR) is 73.8 cm³/mol. The van der Waals surface area contributed by atoms with Gasteiger partial charge < -0.3 is 5.32 Å². The van der Waals surface area contributed by atoms with E-state index in [0.29, 0.717) is 12.1 Å². The van der Waals surface area contributed by atoms with Gasteiger partial charge in [-0.1, -0.05) is 13.0 Å². The van der Waals surface area contributed by atoms with Crippen molar-refractivity contribution < 1.29 is 17.6 Å². The summed E-state index contributed by atoms with van der Waals surface area (Å²) in [7, 11) is 0. The monoisotopic (exact) mass is 318 g/mol. The van der Waals surface area contributed by atoms with Gasteiger partial charge in [0.25, 0.3) is 0 Å². The van der Waals surface area contributed by atoms with E-state index in [9.17, 15) is 17.6 Å².